The highest BCUT2D eigenvalue weighted by Gasteiger charge is 2.40. The fraction of sp³-hybridized carbons (Fsp3) is 0.138. The SMILES string of the molecule is Clc1ccc(/C=C2\CCCC3=C2N=C2SC=C(c4ccc(Br)cc4)N2[C@H]3c2ccc(Cl)cc2)cc1. The molecule has 0 aromatic heterocycles. The Bertz CT molecular complexity index is 1400. The van der Waals surface area contributed by atoms with Crippen LogP contribution in [0.15, 0.2) is 105 Å². The number of amidine groups is 1. The minimum absolute atomic E-state index is 0.0774. The summed E-state index contributed by atoms with van der Waals surface area (Å²) in [6.45, 7) is 0. The molecule has 1 atom stereocenters. The van der Waals surface area contributed by atoms with E-state index in [0.717, 1.165) is 50.2 Å². The van der Waals surface area contributed by atoms with Crippen molar-refractivity contribution < 1.29 is 0 Å². The van der Waals surface area contributed by atoms with E-state index in [1.807, 2.05) is 24.3 Å². The first-order chi connectivity index (χ1) is 17.1. The summed E-state index contributed by atoms with van der Waals surface area (Å²) in [5.41, 5.74) is 8.54. The standard InChI is InChI=1S/C29H21BrCl2N2S/c30-22-10-6-19(7-11-22)26-17-35-29-33-27-21(16-18-4-12-23(31)13-5-18)2-1-3-25(27)28(34(26)29)20-8-14-24(32)15-9-20/h4-17,28H,1-3H2/b21-16+/t28-/m0/s1. The monoisotopic (exact) mass is 578 g/mol. The van der Waals surface area contributed by atoms with Gasteiger partial charge in [0.25, 0.3) is 0 Å². The molecular weight excluding hydrogens is 559 g/mol. The number of fused-ring (bicyclic) bond motifs is 1. The minimum atomic E-state index is 0.0774. The molecule has 6 heteroatoms. The molecule has 3 aliphatic rings. The smallest absolute Gasteiger partial charge is 0.174 e. The molecule has 2 heterocycles. The van der Waals surface area contributed by atoms with Crippen LogP contribution < -0.4 is 0 Å². The maximum absolute atomic E-state index is 6.28. The van der Waals surface area contributed by atoms with Crippen LogP contribution in [-0.4, -0.2) is 10.1 Å². The number of hydrogen-bond donors (Lipinski definition) is 0. The Labute approximate surface area is 228 Å². The van der Waals surface area contributed by atoms with Gasteiger partial charge in [-0.15, -0.1) is 0 Å². The molecule has 2 aliphatic heterocycles. The molecule has 2 nitrogen and oxygen atoms in total. The topological polar surface area (TPSA) is 15.6 Å². The van der Waals surface area contributed by atoms with Crippen molar-refractivity contribution in [2.75, 3.05) is 0 Å². The summed E-state index contributed by atoms with van der Waals surface area (Å²) in [7, 11) is 0. The third kappa shape index (κ3) is 4.53. The maximum Gasteiger partial charge on any atom is 0.174 e. The summed E-state index contributed by atoms with van der Waals surface area (Å²) in [5.74, 6) is 0. The highest BCUT2D eigenvalue weighted by atomic mass is 79.9. The summed E-state index contributed by atoms with van der Waals surface area (Å²) in [5, 5.41) is 4.75. The number of aliphatic imine (C=N–C) groups is 1. The molecule has 0 fully saturated rings. The van der Waals surface area contributed by atoms with Gasteiger partial charge < -0.3 is 4.90 Å². The van der Waals surface area contributed by atoms with Crippen LogP contribution in [0.5, 0.6) is 0 Å². The quantitative estimate of drug-likeness (QED) is 0.307. The number of rotatable bonds is 3. The minimum Gasteiger partial charge on any atom is -0.308 e. The Morgan fingerprint density at radius 1 is 0.886 bits per heavy atom. The van der Waals surface area contributed by atoms with Crippen molar-refractivity contribution in [1.29, 1.82) is 0 Å². The molecule has 0 radical (unpaired) electrons. The second kappa shape index (κ2) is 9.67. The van der Waals surface area contributed by atoms with Gasteiger partial charge in [0.1, 0.15) is 0 Å². The summed E-state index contributed by atoms with van der Waals surface area (Å²) in [6.07, 6.45) is 5.41. The molecule has 0 unspecified atom stereocenters. The largest absolute Gasteiger partial charge is 0.308 e. The normalized spacial score (nSPS) is 20.5. The van der Waals surface area contributed by atoms with Crippen molar-refractivity contribution in [2.45, 2.75) is 25.3 Å². The zero-order valence-electron chi connectivity index (χ0n) is 18.7. The van der Waals surface area contributed by atoms with Gasteiger partial charge >= 0.3 is 0 Å². The fourth-order valence-electron chi connectivity index (χ4n) is 4.95. The summed E-state index contributed by atoms with van der Waals surface area (Å²) >= 11 is 17.7. The van der Waals surface area contributed by atoms with E-state index < -0.39 is 0 Å². The van der Waals surface area contributed by atoms with E-state index in [1.165, 1.54) is 28.0 Å². The predicted octanol–water partition coefficient (Wildman–Crippen LogP) is 9.74. The molecule has 0 N–H and O–H groups in total. The second-order valence-corrected chi connectivity index (χ2v) is 11.4. The highest BCUT2D eigenvalue weighted by Crippen LogP contribution is 2.51. The van der Waals surface area contributed by atoms with Crippen LogP contribution in [0.4, 0.5) is 0 Å². The van der Waals surface area contributed by atoms with E-state index in [2.05, 4.69) is 80.8 Å². The predicted molar refractivity (Wildman–Crippen MR) is 153 cm³/mol. The Kier molecular flexibility index (Phi) is 6.40. The average molecular weight is 580 g/mol. The van der Waals surface area contributed by atoms with Crippen LogP contribution >= 0.6 is 50.9 Å². The van der Waals surface area contributed by atoms with Crippen LogP contribution in [-0.2, 0) is 0 Å². The molecule has 0 amide bonds. The lowest BCUT2D eigenvalue weighted by Gasteiger charge is -2.40. The number of hydrogen-bond acceptors (Lipinski definition) is 3. The number of benzene rings is 3. The van der Waals surface area contributed by atoms with E-state index in [1.54, 1.807) is 11.8 Å². The van der Waals surface area contributed by atoms with E-state index in [0.29, 0.717) is 0 Å². The van der Waals surface area contributed by atoms with Gasteiger partial charge in [0.2, 0.25) is 0 Å². The molecule has 35 heavy (non-hydrogen) atoms. The lowest BCUT2D eigenvalue weighted by Crippen LogP contribution is -2.34. The van der Waals surface area contributed by atoms with Crippen molar-refractivity contribution in [3.05, 3.63) is 126 Å². The van der Waals surface area contributed by atoms with Gasteiger partial charge in [0.15, 0.2) is 5.17 Å². The maximum atomic E-state index is 6.28. The van der Waals surface area contributed by atoms with Gasteiger partial charge in [0, 0.05) is 19.9 Å². The van der Waals surface area contributed by atoms with Crippen LogP contribution in [0.1, 0.15) is 42.0 Å². The highest BCUT2D eigenvalue weighted by molar-refractivity contribution is 9.10. The second-order valence-electron chi connectivity index (χ2n) is 8.79. The molecular formula is C29H21BrCl2N2S. The van der Waals surface area contributed by atoms with Gasteiger partial charge in [-0.2, -0.15) is 0 Å². The van der Waals surface area contributed by atoms with Crippen LogP contribution in [0, 0.1) is 0 Å². The average Bonchev–Trinajstić information content (AvgIpc) is 3.29. The lowest BCUT2D eigenvalue weighted by atomic mass is 9.83. The van der Waals surface area contributed by atoms with Crippen molar-refractivity contribution >= 4 is 67.8 Å². The fourth-order valence-corrected chi connectivity index (χ4v) is 6.40. The summed E-state index contributed by atoms with van der Waals surface area (Å²) in [4.78, 5) is 7.65. The molecule has 0 bridgehead atoms. The first-order valence-electron chi connectivity index (χ1n) is 11.5. The molecule has 1 aliphatic carbocycles. The first-order valence-corrected chi connectivity index (χ1v) is 14.0. The van der Waals surface area contributed by atoms with E-state index in [9.17, 15) is 0 Å². The van der Waals surface area contributed by atoms with Crippen LogP contribution in [0.25, 0.3) is 11.8 Å². The van der Waals surface area contributed by atoms with Gasteiger partial charge in [-0.3, -0.25) is 0 Å². The third-order valence-electron chi connectivity index (χ3n) is 6.57. The van der Waals surface area contributed by atoms with Crippen molar-refractivity contribution in [3.63, 3.8) is 0 Å². The molecule has 174 valence electrons. The van der Waals surface area contributed by atoms with Crippen LogP contribution in [0.2, 0.25) is 10.0 Å². The van der Waals surface area contributed by atoms with Crippen molar-refractivity contribution in [2.24, 2.45) is 4.99 Å². The van der Waals surface area contributed by atoms with Crippen molar-refractivity contribution in [1.82, 2.24) is 4.90 Å². The van der Waals surface area contributed by atoms with Gasteiger partial charge in [-0.25, -0.2) is 4.99 Å². The molecule has 0 saturated carbocycles. The third-order valence-corrected chi connectivity index (χ3v) is 8.45. The Hall–Kier alpha value is -2.24. The zero-order valence-corrected chi connectivity index (χ0v) is 22.6. The number of allylic oxidation sites excluding steroid dienone is 1. The van der Waals surface area contributed by atoms with E-state index in [4.69, 9.17) is 28.2 Å². The summed E-state index contributed by atoms with van der Waals surface area (Å²) < 4.78 is 1.07. The Morgan fingerprint density at radius 3 is 2.29 bits per heavy atom. The first kappa shape index (κ1) is 23.2. The van der Waals surface area contributed by atoms with E-state index in [-0.39, 0.29) is 6.04 Å². The molecule has 3 aromatic carbocycles. The molecule has 6 rings (SSSR count). The Morgan fingerprint density at radius 2 is 1.57 bits per heavy atom. The van der Waals surface area contributed by atoms with Gasteiger partial charge in [-0.05, 0) is 89.6 Å². The van der Waals surface area contributed by atoms with Gasteiger partial charge in [-0.1, -0.05) is 87.3 Å². The number of halogens is 3. The number of nitrogens with zero attached hydrogens (tertiary/aromatic N) is 2. The molecule has 0 saturated heterocycles. The Balaban J connectivity index is 1.48. The van der Waals surface area contributed by atoms with Crippen molar-refractivity contribution in [3.8, 4) is 0 Å². The number of thioether (sulfide) groups is 1. The zero-order chi connectivity index (χ0) is 23.9. The van der Waals surface area contributed by atoms with E-state index >= 15 is 0 Å². The van der Waals surface area contributed by atoms with Crippen LogP contribution in [0.3, 0.4) is 0 Å². The van der Waals surface area contributed by atoms with Gasteiger partial charge in [0.05, 0.1) is 17.4 Å². The molecule has 3 aromatic rings. The molecule has 0 spiro atoms. The summed E-state index contributed by atoms with van der Waals surface area (Å²) in [6, 6.07) is 24.9. The lowest BCUT2D eigenvalue weighted by molar-refractivity contribution is 0.458.